The number of halogens is 1. The summed E-state index contributed by atoms with van der Waals surface area (Å²) in [6.45, 7) is 42.1. The molecule has 1 aliphatic heterocycles. The number of alkyl halides is 1. The van der Waals surface area contributed by atoms with Crippen molar-refractivity contribution in [3.63, 3.8) is 0 Å². The molecule has 1 aromatic rings. The zero-order chi connectivity index (χ0) is 43.7. The van der Waals surface area contributed by atoms with Crippen LogP contribution in [0.5, 0.6) is 0 Å². The van der Waals surface area contributed by atoms with Gasteiger partial charge in [-0.15, -0.1) is 12.2 Å². The van der Waals surface area contributed by atoms with Crippen LogP contribution in [0.2, 0.25) is 4.48 Å². The number of allylic oxidation sites excluding steroid dienone is 2. The second kappa shape index (κ2) is 35.4. The van der Waals surface area contributed by atoms with E-state index in [1.807, 2.05) is 51.3 Å². The number of nitrogens with one attached hydrogen (secondary N) is 1. The van der Waals surface area contributed by atoms with Gasteiger partial charge in [0.1, 0.15) is 6.61 Å². The van der Waals surface area contributed by atoms with Gasteiger partial charge in [0.15, 0.2) is 6.30 Å². The molecule has 1 aliphatic rings. The van der Waals surface area contributed by atoms with E-state index in [4.69, 9.17) is 21.6 Å². The number of morpholine rings is 1. The molecule has 0 saturated carbocycles. The first-order valence-electron chi connectivity index (χ1n) is 20.3. The fraction of sp³-hybridized carbons (Fsp3) is 0.596. The van der Waals surface area contributed by atoms with Gasteiger partial charge < -0.3 is 26.3 Å². The Labute approximate surface area is 360 Å². The van der Waals surface area contributed by atoms with E-state index in [9.17, 15) is 4.39 Å². The molecule has 5 N–H and O–H groups in total. The number of hydrogen-bond donors (Lipinski definition) is 3. The zero-order valence-corrected chi connectivity index (χ0v) is 41.2. The molecule has 0 bridgehead atoms. The molecule has 56 heavy (non-hydrogen) atoms. The summed E-state index contributed by atoms with van der Waals surface area (Å²) in [4.78, 5) is 3.76. The molecule has 9 heteroatoms. The fourth-order valence-corrected chi connectivity index (χ4v) is 5.93. The summed E-state index contributed by atoms with van der Waals surface area (Å²) in [5, 5.41) is 3.71. The van der Waals surface area contributed by atoms with Crippen LogP contribution in [0.4, 0.5) is 4.39 Å². The molecule has 0 aromatic heterocycles. The van der Waals surface area contributed by atoms with E-state index in [1.165, 1.54) is 37.5 Å². The van der Waals surface area contributed by atoms with Crippen molar-refractivity contribution < 1.29 is 13.9 Å². The van der Waals surface area contributed by atoms with E-state index >= 15 is 0 Å². The van der Waals surface area contributed by atoms with Gasteiger partial charge in [-0.05, 0) is 79.1 Å². The van der Waals surface area contributed by atoms with E-state index in [0.717, 1.165) is 49.2 Å². The number of benzene rings is 1. The molecule has 0 spiro atoms. The summed E-state index contributed by atoms with van der Waals surface area (Å²) in [7, 11) is 0. The van der Waals surface area contributed by atoms with Gasteiger partial charge >= 0.3 is 30.3 Å². The molecule has 0 aliphatic carbocycles. The first-order chi connectivity index (χ1) is 26.6. The fourth-order valence-electron chi connectivity index (χ4n) is 5.93. The van der Waals surface area contributed by atoms with E-state index in [1.54, 1.807) is 4.90 Å². The summed E-state index contributed by atoms with van der Waals surface area (Å²) in [6, 6.07) is 8.08. The van der Waals surface area contributed by atoms with Gasteiger partial charge in [0.2, 0.25) is 0 Å². The van der Waals surface area contributed by atoms with Gasteiger partial charge in [-0.25, -0.2) is 4.39 Å². The number of ether oxygens (including phenoxy) is 2. The number of nitrogens with zero attached hydrogens (tertiary/aromatic N) is 2. The molecule has 3 unspecified atom stereocenters. The monoisotopic (exact) mass is 975 g/mol. The van der Waals surface area contributed by atoms with Crippen LogP contribution in [0, 0.1) is 35.5 Å². The number of rotatable bonds is 20. The van der Waals surface area contributed by atoms with E-state index < -0.39 is 6.30 Å². The third-order valence-corrected chi connectivity index (χ3v) is 9.39. The van der Waals surface area contributed by atoms with Crippen LogP contribution in [0.1, 0.15) is 99.6 Å². The summed E-state index contributed by atoms with van der Waals surface area (Å²) in [6.07, 6.45) is 12.8. The van der Waals surface area contributed by atoms with Gasteiger partial charge in [0.25, 0.3) is 0 Å². The molecule has 317 valence electrons. The minimum absolute atomic E-state index is 0.159. The van der Waals surface area contributed by atoms with Crippen LogP contribution in [-0.2, 0) is 16.1 Å². The Morgan fingerprint density at radius 3 is 2.09 bits per heavy atom. The van der Waals surface area contributed by atoms with Crippen molar-refractivity contribution in [2.24, 2.45) is 34.6 Å². The van der Waals surface area contributed by atoms with Crippen LogP contribution < -0.4 is 16.8 Å². The second-order valence-corrected chi connectivity index (χ2v) is 14.3. The Morgan fingerprint density at radius 2 is 1.66 bits per heavy atom. The second-order valence-electron chi connectivity index (χ2n) is 14.3. The first-order valence-corrected chi connectivity index (χ1v) is 24.2. The SMILES string of the molecule is C#Cc1ccc(CO/C=C/C(CC)(C(=C)C(NC(=C)CCC(C)C)C(C)C)C(C)C)cc1.C=C=C(N)CN(CC)C(F)CN1CCOCC1.C=CN.CC.[CH3][Pb]. The third kappa shape index (κ3) is 24.1. The van der Waals surface area contributed by atoms with Crippen molar-refractivity contribution in [2.75, 3.05) is 45.9 Å². The van der Waals surface area contributed by atoms with Crippen molar-refractivity contribution in [2.45, 2.75) is 112 Å². The Hall–Kier alpha value is -2.81. The molecular weight excluding hydrogens is 893 g/mol. The molecular formula is C47H81FN5O2Pb. The van der Waals surface area contributed by atoms with Gasteiger partial charge in [-0.2, -0.15) is 0 Å². The number of terminal acetylenes is 1. The van der Waals surface area contributed by atoms with E-state index in [0.29, 0.717) is 62.9 Å². The Balaban J connectivity index is -0.000000977. The standard InChI is InChI=1S/C30H45NO.C12H22FN3O.C2H5N.C2H6.CH3.Pb/c1-11-27-15-17-28(18-16-27)21-32-20-19-30(12-2,24(7)8)26(10)29(23(5)6)31-25(9)14-13-22(3)4;1-3-11(14)9-16(4-2)12(13)10-15-5-7-17-8-6-15;1-2-3;1-2;;/h1,15-20,22-24,29,31H,9-10,12-14,21H2,2-8H3;12H,1,4-10,14H2,2H3;2H,1,3H2;1-2H3;1H3;/b20-19+;;;;;. The predicted octanol–water partition coefficient (Wildman–Crippen LogP) is 9.75. The van der Waals surface area contributed by atoms with Crippen molar-refractivity contribution in [3.05, 3.63) is 103 Å². The summed E-state index contributed by atoms with van der Waals surface area (Å²) in [5.74, 6) is 4.11. The van der Waals surface area contributed by atoms with Crippen LogP contribution in [0.3, 0.4) is 0 Å². The maximum absolute atomic E-state index is 14.1. The van der Waals surface area contributed by atoms with Gasteiger partial charge in [0, 0.05) is 48.9 Å². The number of likely N-dealkylation sites (N-methyl/N-ethyl adjacent to an activating group) is 1. The van der Waals surface area contributed by atoms with Crippen LogP contribution in [0.15, 0.2) is 91.8 Å². The van der Waals surface area contributed by atoms with Crippen LogP contribution >= 0.6 is 0 Å². The third-order valence-electron chi connectivity index (χ3n) is 9.39. The topological polar surface area (TPSA) is 89.0 Å². The summed E-state index contributed by atoms with van der Waals surface area (Å²) >= 11 is 1.31. The van der Waals surface area contributed by atoms with Gasteiger partial charge in [-0.1, -0.05) is 114 Å². The molecule has 3 atom stereocenters. The predicted molar refractivity (Wildman–Crippen MR) is 244 cm³/mol. The molecule has 1 heterocycles. The zero-order valence-electron chi connectivity index (χ0n) is 37.4. The van der Waals surface area contributed by atoms with Gasteiger partial charge in [0.05, 0.1) is 25.2 Å². The Bertz CT molecular complexity index is 1290. The normalized spacial score (nSPS) is 14.4. The summed E-state index contributed by atoms with van der Waals surface area (Å²) in [5.41, 5.74) is 17.4. The molecule has 0 amide bonds. The van der Waals surface area contributed by atoms with E-state index in [-0.39, 0.29) is 11.5 Å². The molecule has 1 saturated heterocycles. The average Bonchev–Trinajstić information content (AvgIpc) is 3.20. The van der Waals surface area contributed by atoms with E-state index in [2.05, 4.69) is 113 Å². The molecule has 1 fully saturated rings. The van der Waals surface area contributed by atoms with Crippen LogP contribution in [0.25, 0.3) is 0 Å². The van der Waals surface area contributed by atoms with Gasteiger partial charge in [-0.3, -0.25) is 9.80 Å². The summed E-state index contributed by atoms with van der Waals surface area (Å²) < 4.78 is 27.4. The maximum atomic E-state index is 14.1. The Kier molecular flexibility index (Phi) is 36.3. The van der Waals surface area contributed by atoms with Crippen molar-refractivity contribution in [1.29, 1.82) is 0 Å². The molecule has 2 rings (SSSR count). The van der Waals surface area contributed by atoms with Crippen molar-refractivity contribution >= 4 is 25.8 Å². The molecule has 7 nitrogen and oxygen atoms in total. The Morgan fingerprint density at radius 1 is 1.11 bits per heavy atom. The quantitative estimate of drug-likeness (QED) is 0.0300. The average molecular weight is 974 g/mol. The first kappa shape index (κ1) is 57.5. The number of nitrogens with two attached hydrogens (primary N) is 2. The molecule has 3 radical (unpaired) electrons. The van der Waals surface area contributed by atoms with Crippen LogP contribution in [-0.4, -0.2) is 93.8 Å². The molecule has 1 aromatic carbocycles. The van der Waals surface area contributed by atoms with Crippen molar-refractivity contribution in [1.82, 2.24) is 15.1 Å². The number of hydrogen-bond acceptors (Lipinski definition) is 7. The minimum atomic E-state index is -1.01. The van der Waals surface area contributed by atoms with Crippen molar-refractivity contribution in [3.8, 4) is 12.3 Å².